The fraction of sp³-hybridized carbons (Fsp3) is 0.833. The van der Waals surface area contributed by atoms with E-state index < -0.39 is 183 Å². The minimum atomic E-state index is -2.60. The molecule has 0 aromatic heterocycles. The molecule has 5 aliphatic rings. The molecule has 0 aromatic rings. The zero-order valence-corrected chi connectivity index (χ0v) is 31.1. The minimum absolute atomic E-state index is 1.75. The maximum Gasteiger partial charge on any atom is 0.373 e. The molecular formula is C30H42O33. The van der Waals surface area contributed by atoms with Crippen molar-refractivity contribution in [3.63, 3.8) is 0 Å². The zero-order chi connectivity index (χ0) is 47.1. The lowest BCUT2D eigenvalue weighted by Gasteiger charge is -2.48. The van der Waals surface area contributed by atoms with Gasteiger partial charge in [-0.25, -0.2) is 24.0 Å². The number of hydrogen-bond acceptors (Lipinski definition) is 30. The van der Waals surface area contributed by atoms with Crippen LogP contribution >= 0.6 is 0 Å². The maximum absolute atomic E-state index is 12.7. The molecule has 5 aliphatic heterocycles. The highest BCUT2D eigenvalue weighted by Crippen LogP contribution is 2.36. The number of aliphatic hydroxyl groups is 12. The van der Waals surface area contributed by atoms with Gasteiger partial charge in [0, 0.05) is 0 Å². The highest BCUT2D eigenvalue weighted by molar-refractivity contribution is 5.76. The van der Waals surface area contributed by atoms with Crippen LogP contribution < -0.4 is 0 Å². The normalized spacial score (nSPS) is 48.1. The Bertz CT molecular complexity index is 1630. The van der Waals surface area contributed by atoms with Crippen LogP contribution in [0.5, 0.6) is 0 Å². The van der Waals surface area contributed by atoms with Crippen molar-refractivity contribution in [3.8, 4) is 0 Å². The van der Waals surface area contributed by atoms with E-state index in [1.807, 2.05) is 0 Å². The van der Waals surface area contributed by atoms with Gasteiger partial charge < -0.3 is 119 Å². The molecule has 0 spiro atoms. The van der Waals surface area contributed by atoms with Gasteiger partial charge in [-0.15, -0.1) is 0 Å². The molecule has 33 heteroatoms. The van der Waals surface area contributed by atoms with Gasteiger partial charge in [-0.05, 0) is 0 Å². The van der Waals surface area contributed by atoms with Gasteiger partial charge in [-0.1, -0.05) is 0 Å². The number of ether oxygens (including phenoxy) is 9. The Morgan fingerprint density at radius 2 is 0.587 bits per heavy atom. The van der Waals surface area contributed by atoms with E-state index in [0.29, 0.717) is 0 Å². The van der Waals surface area contributed by atoms with Crippen molar-refractivity contribution >= 4 is 29.8 Å². The van der Waals surface area contributed by atoms with E-state index in [-0.39, 0.29) is 0 Å². The van der Waals surface area contributed by atoms with Gasteiger partial charge in [-0.3, -0.25) is 9.78 Å². The third-order valence-electron chi connectivity index (χ3n) is 10.3. The third kappa shape index (κ3) is 10.00. The molecule has 0 amide bonds. The quantitative estimate of drug-likeness (QED) is 0.0602. The summed E-state index contributed by atoms with van der Waals surface area (Å²) in [5.41, 5.74) is 0. The van der Waals surface area contributed by atoms with E-state index >= 15 is 0 Å². The second kappa shape index (κ2) is 20.3. The van der Waals surface area contributed by atoms with Gasteiger partial charge in [0.25, 0.3) is 0 Å². The lowest BCUT2D eigenvalue weighted by Crippen LogP contribution is -2.69. The molecular weight excluding hydrogens is 888 g/mol. The molecule has 5 saturated heterocycles. The summed E-state index contributed by atoms with van der Waals surface area (Å²) in [7, 11) is 0. The first-order valence-electron chi connectivity index (χ1n) is 17.9. The highest BCUT2D eigenvalue weighted by Gasteiger charge is 2.60. The summed E-state index contributed by atoms with van der Waals surface area (Å²) < 4.78 is 46.1. The number of aliphatic carboxylic acids is 3. The van der Waals surface area contributed by atoms with Crippen LogP contribution in [-0.4, -0.2) is 270 Å². The molecule has 0 aliphatic carbocycles. The number of aliphatic hydroxyl groups excluding tert-OH is 12. The van der Waals surface area contributed by atoms with Gasteiger partial charge in [-0.2, -0.15) is 10.5 Å². The Kier molecular flexibility index (Phi) is 16.3. The largest absolute Gasteiger partial charge is 0.479 e. The number of carbonyl (C=O) groups excluding carboxylic acids is 2. The van der Waals surface area contributed by atoms with Crippen LogP contribution in [0.3, 0.4) is 0 Å². The summed E-state index contributed by atoms with van der Waals surface area (Å²) in [5, 5.41) is 173. The monoisotopic (exact) mass is 930 g/mol. The second-order valence-corrected chi connectivity index (χ2v) is 14.3. The molecule has 360 valence electrons. The van der Waals surface area contributed by atoms with E-state index in [4.69, 9.17) is 47.9 Å². The van der Waals surface area contributed by atoms with Crippen molar-refractivity contribution in [2.24, 2.45) is 0 Å². The Labute approximate surface area is 347 Å². The molecule has 0 aromatic carbocycles. The van der Waals surface area contributed by atoms with Crippen LogP contribution in [0.2, 0.25) is 0 Å². The first-order chi connectivity index (χ1) is 29.5. The lowest BCUT2D eigenvalue weighted by molar-refractivity contribution is -0.386. The minimum Gasteiger partial charge on any atom is -0.479 e. The predicted octanol–water partition coefficient (Wildman–Crippen LogP) is -11.6. The van der Waals surface area contributed by atoms with Gasteiger partial charge in [0.1, 0.15) is 91.6 Å². The van der Waals surface area contributed by atoms with Crippen molar-refractivity contribution in [3.05, 3.63) is 0 Å². The standard InChI is InChI=1S/C30H42O33/c31-1-2(32)16(21(42)43)58-27(8(1)38)54-12-4(34)10(40)29(60-17(12)22(44)45)57-15-6(36)11(41)30(61-20(15)26(50)63-52)55-13-5(35)9(39)28(59-18(13)23(46)47)56-14-3(33)7(37)24(48)53-19(14)25(49)62-51/h1-20,24,27-41,48,51-52H,(H,42,43)(H,44,45)(H,46,47)/t1-,2-,3+,4+,5+,6+,7-,8-,9-,10-,11-,12-,13-,14-,15-,16-,17-,18-,19-,20-,24+,27+,28+,29+,30+/m0/s1. The fourth-order valence-electron chi connectivity index (χ4n) is 6.97. The number of carbonyl (C=O) groups is 5. The number of carboxylic acid groups (broad SMARTS) is 3. The number of hydrogen-bond donors (Lipinski definition) is 17. The zero-order valence-electron chi connectivity index (χ0n) is 31.1. The van der Waals surface area contributed by atoms with Crippen molar-refractivity contribution in [2.45, 2.75) is 154 Å². The summed E-state index contributed by atoms with van der Waals surface area (Å²) in [6.07, 6.45) is -60.4. The summed E-state index contributed by atoms with van der Waals surface area (Å²) in [6, 6.07) is 0. The van der Waals surface area contributed by atoms with Gasteiger partial charge in [0.2, 0.25) is 0 Å². The molecule has 17 N–H and O–H groups in total. The van der Waals surface area contributed by atoms with Crippen molar-refractivity contribution in [2.75, 3.05) is 0 Å². The molecule has 63 heavy (non-hydrogen) atoms. The van der Waals surface area contributed by atoms with Crippen LogP contribution in [-0.2, 0) is 76.4 Å². The topological polar surface area (TPSA) is 531 Å². The Morgan fingerprint density at radius 1 is 0.317 bits per heavy atom. The molecule has 5 rings (SSSR count). The predicted molar refractivity (Wildman–Crippen MR) is 171 cm³/mol. The number of rotatable bonds is 13. The first kappa shape index (κ1) is 50.4. The van der Waals surface area contributed by atoms with Crippen LogP contribution in [0, 0.1) is 0 Å². The molecule has 0 unspecified atom stereocenters. The number of carboxylic acids is 3. The SMILES string of the molecule is O=C(O)[C@H]1O[C@@H](O[C@H]2[C@H](O)[C@H](O)[C@H](O[C@H]3[C@H](O)[C@H](O)[C@H](O[C@H]4[C@H](O)[C@H](O)[C@H](O[C@H]5[C@H](O)[C@H](O)[C@H](O)O[C@@H]5C(=O)OO)O[C@@H]4C(=O)O)O[C@@H]3C(=O)OO)O[C@@H]2C(=O)O)[C@@H](O)[C@@H](O)[C@@H]1O. The highest BCUT2D eigenvalue weighted by atomic mass is 17.1. The maximum atomic E-state index is 12.7. The van der Waals surface area contributed by atoms with Crippen molar-refractivity contribution in [1.82, 2.24) is 0 Å². The molecule has 25 atom stereocenters. The Morgan fingerprint density at radius 3 is 0.921 bits per heavy atom. The summed E-state index contributed by atoms with van der Waals surface area (Å²) in [4.78, 5) is 67.9. The van der Waals surface area contributed by atoms with Crippen LogP contribution in [0.25, 0.3) is 0 Å². The summed E-state index contributed by atoms with van der Waals surface area (Å²) in [5.74, 6) is -9.66. The van der Waals surface area contributed by atoms with Crippen LogP contribution in [0.4, 0.5) is 0 Å². The van der Waals surface area contributed by atoms with E-state index in [0.717, 1.165) is 0 Å². The smallest absolute Gasteiger partial charge is 0.373 e. The van der Waals surface area contributed by atoms with Gasteiger partial charge >= 0.3 is 29.8 Å². The molecule has 0 radical (unpaired) electrons. The Hall–Kier alpha value is -3.57. The van der Waals surface area contributed by atoms with E-state index in [2.05, 4.69) is 9.78 Å². The molecule has 0 bridgehead atoms. The van der Waals surface area contributed by atoms with E-state index in [1.165, 1.54) is 0 Å². The van der Waals surface area contributed by atoms with Gasteiger partial charge in [0.05, 0.1) is 0 Å². The first-order valence-corrected chi connectivity index (χ1v) is 17.9. The average Bonchev–Trinajstić information content (AvgIpc) is 3.24. The van der Waals surface area contributed by atoms with Crippen LogP contribution in [0.15, 0.2) is 0 Å². The third-order valence-corrected chi connectivity index (χ3v) is 10.3. The van der Waals surface area contributed by atoms with E-state index in [1.54, 1.807) is 0 Å². The van der Waals surface area contributed by atoms with Crippen molar-refractivity contribution in [1.29, 1.82) is 0 Å². The molecule has 33 nitrogen and oxygen atoms in total. The molecule has 0 saturated carbocycles. The molecule has 5 fully saturated rings. The summed E-state index contributed by atoms with van der Waals surface area (Å²) >= 11 is 0. The van der Waals surface area contributed by atoms with E-state index in [9.17, 15) is 106 Å². The summed E-state index contributed by atoms with van der Waals surface area (Å²) in [6.45, 7) is 0. The van der Waals surface area contributed by atoms with Gasteiger partial charge in [0.15, 0.2) is 62.0 Å². The molecule has 5 heterocycles. The Balaban J connectivity index is 1.32. The lowest BCUT2D eigenvalue weighted by atomic mass is 9.95. The van der Waals surface area contributed by atoms with Crippen molar-refractivity contribution < 1.29 is 163 Å². The average molecular weight is 931 g/mol. The van der Waals surface area contributed by atoms with Crippen LogP contribution in [0.1, 0.15) is 0 Å². The second-order valence-electron chi connectivity index (χ2n) is 14.3. The fourth-order valence-corrected chi connectivity index (χ4v) is 6.97.